The highest BCUT2D eigenvalue weighted by molar-refractivity contribution is 6.33. The van der Waals surface area contributed by atoms with Crippen LogP contribution in [0, 0.1) is 11.7 Å². The highest BCUT2D eigenvalue weighted by Gasteiger charge is 2.37. The lowest BCUT2D eigenvalue weighted by molar-refractivity contribution is -0.123. The van der Waals surface area contributed by atoms with Gasteiger partial charge in [-0.1, -0.05) is 11.6 Å². The van der Waals surface area contributed by atoms with Crippen LogP contribution in [0.5, 0.6) is 0 Å². The fraction of sp³-hybridized carbons (Fsp3) is 0.500. The van der Waals surface area contributed by atoms with E-state index < -0.39 is 5.82 Å². The van der Waals surface area contributed by atoms with Crippen LogP contribution in [0.1, 0.15) is 23.2 Å². The first kappa shape index (κ1) is 16.2. The molecule has 0 radical (unpaired) electrons. The average molecular weight is 340 g/mol. The van der Waals surface area contributed by atoms with Crippen molar-refractivity contribution in [3.63, 3.8) is 0 Å². The molecular formula is C16H19ClFN3O2. The zero-order chi connectivity index (χ0) is 16.6. The molecule has 2 fully saturated rings. The van der Waals surface area contributed by atoms with E-state index in [0.29, 0.717) is 24.7 Å². The van der Waals surface area contributed by atoms with Crippen LogP contribution in [0.3, 0.4) is 0 Å². The third-order valence-corrected chi connectivity index (χ3v) is 5.07. The first-order valence-corrected chi connectivity index (χ1v) is 8.11. The Morgan fingerprint density at radius 3 is 2.43 bits per heavy atom. The predicted octanol–water partition coefficient (Wildman–Crippen LogP) is 1.50. The summed E-state index contributed by atoms with van der Waals surface area (Å²) in [5.74, 6) is -0.869. The van der Waals surface area contributed by atoms with E-state index in [-0.39, 0.29) is 22.8 Å². The Morgan fingerprint density at radius 2 is 1.87 bits per heavy atom. The van der Waals surface area contributed by atoms with Crippen LogP contribution >= 0.6 is 11.6 Å². The zero-order valence-electron chi connectivity index (χ0n) is 12.7. The first-order chi connectivity index (χ1) is 11.0. The van der Waals surface area contributed by atoms with E-state index in [0.717, 1.165) is 32.0 Å². The minimum atomic E-state index is -0.453. The molecule has 1 aromatic rings. The number of likely N-dealkylation sites (tertiary alicyclic amines) is 2. The number of primary amides is 1. The lowest BCUT2D eigenvalue weighted by Gasteiger charge is -2.47. The van der Waals surface area contributed by atoms with Gasteiger partial charge in [-0.25, -0.2) is 4.39 Å². The second kappa shape index (κ2) is 6.45. The van der Waals surface area contributed by atoms with Gasteiger partial charge in [0.25, 0.3) is 5.91 Å². The van der Waals surface area contributed by atoms with E-state index in [2.05, 4.69) is 4.90 Å². The number of halogens is 2. The minimum Gasteiger partial charge on any atom is -0.369 e. The molecule has 0 atom stereocenters. The average Bonchev–Trinajstić information content (AvgIpc) is 2.46. The number of nitrogens with zero attached hydrogens (tertiary/aromatic N) is 2. The Kier molecular flexibility index (Phi) is 4.55. The third kappa shape index (κ3) is 3.33. The number of rotatable bonds is 3. The van der Waals surface area contributed by atoms with Gasteiger partial charge in [0.05, 0.1) is 10.6 Å². The van der Waals surface area contributed by atoms with Crippen LogP contribution < -0.4 is 5.73 Å². The number of carbonyl (C=O) groups excluding carboxylic acids is 2. The van der Waals surface area contributed by atoms with Gasteiger partial charge in [-0.3, -0.25) is 14.5 Å². The van der Waals surface area contributed by atoms with Crippen molar-refractivity contribution in [2.24, 2.45) is 11.7 Å². The Balaban J connectivity index is 1.53. The van der Waals surface area contributed by atoms with Crippen molar-refractivity contribution in [1.29, 1.82) is 0 Å². The number of nitrogens with two attached hydrogens (primary N) is 1. The molecule has 0 unspecified atom stereocenters. The maximum Gasteiger partial charge on any atom is 0.255 e. The minimum absolute atomic E-state index is 0.0258. The molecule has 2 aliphatic rings. The molecule has 2 saturated heterocycles. The number of amides is 2. The van der Waals surface area contributed by atoms with Crippen molar-refractivity contribution >= 4 is 23.4 Å². The molecular weight excluding hydrogens is 321 g/mol. The molecule has 1 aromatic carbocycles. The molecule has 7 heteroatoms. The molecule has 3 rings (SSSR count). The lowest BCUT2D eigenvalue weighted by Crippen LogP contribution is -2.62. The van der Waals surface area contributed by atoms with E-state index in [1.54, 1.807) is 4.90 Å². The Labute approximate surface area is 139 Å². The highest BCUT2D eigenvalue weighted by Crippen LogP contribution is 2.26. The summed E-state index contributed by atoms with van der Waals surface area (Å²) in [6.07, 6.45) is 1.56. The molecule has 0 spiro atoms. The molecule has 0 aromatic heterocycles. The van der Waals surface area contributed by atoms with E-state index in [9.17, 15) is 14.0 Å². The van der Waals surface area contributed by atoms with Gasteiger partial charge in [0, 0.05) is 25.0 Å². The van der Waals surface area contributed by atoms with Crippen LogP contribution in [-0.2, 0) is 4.79 Å². The molecule has 2 amide bonds. The van der Waals surface area contributed by atoms with Crippen molar-refractivity contribution in [2.75, 3.05) is 26.2 Å². The highest BCUT2D eigenvalue weighted by atomic mass is 35.5. The second-order valence-electron chi connectivity index (χ2n) is 6.20. The van der Waals surface area contributed by atoms with Gasteiger partial charge in [-0.2, -0.15) is 0 Å². The largest absolute Gasteiger partial charge is 0.369 e. The Hall–Kier alpha value is -1.66. The summed E-state index contributed by atoms with van der Waals surface area (Å²) in [6, 6.07) is 4.13. The summed E-state index contributed by atoms with van der Waals surface area (Å²) < 4.78 is 13.1. The van der Waals surface area contributed by atoms with Crippen LogP contribution in [0.2, 0.25) is 5.02 Å². The summed E-state index contributed by atoms with van der Waals surface area (Å²) in [4.78, 5) is 27.6. The fourth-order valence-electron chi connectivity index (χ4n) is 3.23. The third-order valence-electron chi connectivity index (χ3n) is 4.76. The van der Waals surface area contributed by atoms with E-state index in [1.807, 2.05) is 0 Å². The van der Waals surface area contributed by atoms with E-state index >= 15 is 0 Å². The first-order valence-electron chi connectivity index (χ1n) is 7.73. The van der Waals surface area contributed by atoms with Crippen molar-refractivity contribution < 1.29 is 14.0 Å². The van der Waals surface area contributed by atoms with Crippen LogP contribution in [0.25, 0.3) is 0 Å². The van der Waals surface area contributed by atoms with Crippen molar-refractivity contribution in [3.05, 3.63) is 34.6 Å². The zero-order valence-corrected chi connectivity index (χ0v) is 13.4. The summed E-state index contributed by atoms with van der Waals surface area (Å²) in [5, 5.41) is 0.140. The molecule has 23 heavy (non-hydrogen) atoms. The molecule has 2 heterocycles. The topological polar surface area (TPSA) is 66.6 Å². The fourth-order valence-corrected chi connectivity index (χ4v) is 3.48. The maximum atomic E-state index is 13.1. The lowest BCUT2D eigenvalue weighted by atomic mass is 9.93. The number of hydrogen-bond acceptors (Lipinski definition) is 3. The number of benzene rings is 1. The molecule has 2 N–H and O–H groups in total. The summed E-state index contributed by atoms with van der Waals surface area (Å²) in [6.45, 7) is 2.93. The molecule has 2 aliphatic heterocycles. The predicted molar refractivity (Wildman–Crippen MR) is 84.6 cm³/mol. The quantitative estimate of drug-likeness (QED) is 0.907. The van der Waals surface area contributed by atoms with Gasteiger partial charge >= 0.3 is 0 Å². The van der Waals surface area contributed by atoms with E-state index in [1.165, 1.54) is 12.1 Å². The van der Waals surface area contributed by atoms with Crippen LogP contribution in [0.4, 0.5) is 4.39 Å². The molecule has 0 bridgehead atoms. The second-order valence-corrected chi connectivity index (χ2v) is 6.61. The standard InChI is InChI=1S/C16H19ClFN3O2/c17-14-7-11(18)1-2-13(14)16(23)21-8-12(9-21)20-5-3-10(4-6-20)15(19)22/h1-2,7,10,12H,3-6,8-9H2,(H2,19,22). The molecule has 0 aliphatic carbocycles. The maximum absolute atomic E-state index is 13.1. The Morgan fingerprint density at radius 1 is 1.22 bits per heavy atom. The normalized spacial score (nSPS) is 20.3. The van der Waals surface area contributed by atoms with Gasteiger partial charge in [0.15, 0.2) is 0 Å². The number of hydrogen-bond donors (Lipinski definition) is 1. The monoisotopic (exact) mass is 339 g/mol. The van der Waals surface area contributed by atoms with Crippen molar-refractivity contribution in [2.45, 2.75) is 18.9 Å². The van der Waals surface area contributed by atoms with Crippen molar-refractivity contribution in [1.82, 2.24) is 9.80 Å². The smallest absolute Gasteiger partial charge is 0.255 e. The van der Waals surface area contributed by atoms with Gasteiger partial charge in [-0.15, -0.1) is 0 Å². The van der Waals surface area contributed by atoms with Gasteiger partial charge in [-0.05, 0) is 44.1 Å². The SMILES string of the molecule is NC(=O)C1CCN(C2CN(C(=O)c3ccc(F)cc3Cl)C2)CC1. The van der Waals surface area contributed by atoms with Gasteiger partial charge in [0.1, 0.15) is 5.82 Å². The van der Waals surface area contributed by atoms with Crippen molar-refractivity contribution in [3.8, 4) is 0 Å². The van der Waals surface area contributed by atoms with Gasteiger partial charge in [0.2, 0.25) is 5.91 Å². The molecule has 124 valence electrons. The van der Waals surface area contributed by atoms with Crippen LogP contribution in [0.15, 0.2) is 18.2 Å². The van der Waals surface area contributed by atoms with E-state index in [4.69, 9.17) is 17.3 Å². The molecule has 5 nitrogen and oxygen atoms in total. The molecule has 0 saturated carbocycles. The van der Waals surface area contributed by atoms with Crippen LogP contribution in [-0.4, -0.2) is 53.8 Å². The summed E-state index contributed by atoms with van der Waals surface area (Å²) >= 11 is 5.94. The Bertz CT molecular complexity index is 626. The van der Waals surface area contributed by atoms with Gasteiger partial charge < -0.3 is 10.6 Å². The summed E-state index contributed by atoms with van der Waals surface area (Å²) in [5.41, 5.74) is 5.67. The number of carbonyl (C=O) groups is 2. The summed E-state index contributed by atoms with van der Waals surface area (Å²) in [7, 11) is 0. The number of piperidine rings is 1.